The zero-order valence-electron chi connectivity index (χ0n) is 15.6. The molecule has 1 aliphatic rings. The van der Waals surface area contributed by atoms with Gasteiger partial charge in [-0.2, -0.15) is 0 Å². The van der Waals surface area contributed by atoms with E-state index in [1.807, 2.05) is 4.90 Å². The maximum absolute atomic E-state index is 14.3. The Morgan fingerprint density at radius 2 is 1.83 bits per heavy atom. The van der Waals surface area contributed by atoms with Gasteiger partial charge in [0.25, 0.3) is 0 Å². The number of ether oxygens (including phenoxy) is 1. The lowest BCUT2D eigenvalue weighted by atomic mass is 10.1. The molecule has 0 radical (unpaired) electrons. The normalized spacial score (nSPS) is 15.5. The van der Waals surface area contributed by atoms with Crippen LogP contribution in [0.2, 0.25) is 0 Å². The number of benzene rings is 2. The van der Waals surface area contributed by atoms with E-state index in [1.165, 1.54) is 24.3 Å². The summed E-state index contributed by atoms with van der Waals surface area (Å²) in [5.41, 5.74) is 1.25. The van der Waals surface area contributed by atoms with Gasteiger partial charge in [0.2, 0.25) is 5.91 Å². The van der Waals surface area contributed by atoms with Gasteiger partial charge in [-0.1, -0.05) is 12.1 Å². The first kappa shape index (κ1) is 20.9. The van der Waals surface area contributed by atoms with E-state index >= 15 is 0 Å². The fraction of sp³-hybridized carbons (Fsp3) is 0.286. The standard InChI is InChI=1S/C21H21F3N2O3/c22-16-4-1-14(11-18(16)24)2-6-21(28)25-19(13-27)15-3-5-17(23)20(12-15)26-7-9-29-10-8-26/h1-6,11-12,19,27H,7-10,13H2,(H,25,28)/t19-/m0/s1. The van der Waals surface area contributed by atoms with E-state index in [2.05, 4.69) is 5.32 Å². The van der Waals surface area contributed by atoms with Crippen molar-refractivity contribution in [3.05, 3.63) is 71.1 Å². The number of hydrogen-bond donors (Lipinski definition) is 2. The lowest BCUT2D eigenvalue weighted by molar-refractivity contribution is -0.117. The molecule has 154 valence electrons. The molecule has 29 heavy (non-hydrogen) atoms. The highest BCUT2D eigenvalue weighted by atomic mass is 19.2. The lowest BCUT2D eigenvalue weighted by Gasteiger charge is -2.30. The number of carbonyl (C=O) groups excluding carboxylic acids is 1. The maximum atomic E-state index is 14.3. The van der Waals surface area contributed by atoms with Crippen LogP contribution in [-0.4, -0.2) is 43.9 Å². The monoisotopic (exact) mass is 406 g/mol. The molecule has 1 fully saturated rings. The minimum Gasteiger partial charge on any atom is -0.394 e. The number of anilines is 1. The molecule has 3 rings (SSSR count). The summed E-state index contributed by atoms with van der Waals surface area (Å²) in [6, 6.07) is 6.91. The minimum atomic E-state index is -1.01. The van der Waals surface area contributed by atoms with E-state index < -0.39 is 29.4 Å². The summed E-state index contributed by atoms with van der Waals surface area (Å²) in [5, 5.41) is 12.3. The summed E-state index contributed by atoms with van der Waals surface area (Å²) in [6.45, 7) is 1.71. The molecule has 0 saturated carbocycles. The highest BCUT2D eigenvalue weighted by Crippen LogP contribution is 2.25. The molecule has 1 saturated heterocycles. The van der Waals surface area contributed by atoms with Crippen LogP contribution in [0.1, 0.15) is 17.2 Å². The second kappa shape index (κ2) is 9.58. The molecule has 0 aliphatic carbocycles. The van der Waals surface area contributed by atoms with Crippen LogP contribution in [0.25, 0.3) is 6.08 Å². The van der Waals surface area contributed by atoms with Gasteiger partial charge in [0.05, 0.1) is 31.5 Å². The van der Waals surface area contributed by atoms with Crippen LogP contribution in [0.15, 0.2) is 42.5 Å². The molecule has 1 aliphatic heterocycles. The van der Waals surface area contributed by atoms with Gasteiger partial charge in [-0.25, -0.2) is 13.2 Å². The Morgan fingerprint density at radius 1 is 1.10 bits per heavy atom. The van der Waals surface area contributed by atoms with E-state index in [0.29, 0.717) is 43.1 Å². The summed E-state index contributed by atoms with van der Waals surface area (Å²) in [5.74, 6) is -2.91. The number of morpholine rings is 1. The van der Waals surface area contributed by atoms with Gasteiger partial charge in [-0.05, 0) is 41.5 Å². The third-order valence-electron chi connectivity index (χ3n) is 4.59. The van der Waals surface area contributed by atoms with Crippen LogP contribution < -0.4 is 10.2 Å². The molecular weight excluding hydrogens is 385 g/mol. The van der Waals surface area contributed by atoms with E-state index in [9.17, 15) is 23.1 Å². The number of carbonyl (C=O) groups is 1. The first-order chi connectivity index (χ1) is 14.0. The van der Waals surface area contributed by atoms with Crippen LogP contribution in [-0.2, 0) is 9.53 Å². The number of aliphatic hydroxyl groups is 1. The van der Waals surface area contributed by atoms with Crippen molar-refractivity contribution in [3.63, 3.8) is 0 Å². The molecule has 5 nitrogen and oxygen atoms in total. The number of hydrogen-bond acceptors (Lipinski definition) is 4. The van der Waals surface area contributed by atoms with Crippen molar-refractivity contribution in [2.45, 2.75) is 6.04 Å². The number of aliphatic hydroxyl groups excluding tert-OH is 1. The Kier molecular flexibility index (Phi) is 6.90. The molecule has 0 spiro atoms. The van der Waals surface area contributed by atoms with Crippen LogP contribution in [0.4, 0.5) is 18.9 Å². The predicted octanol–water partition coefficient (Wildman–Crippen LogP) is 2.80. The molecule has 2 N–H and O–H groups in total. The van der Waals surface area contributed by atoms with Crippen molar-refractivity contribution >= 4 is 17.7 Å². The number of halogens is 3. The molecule has 2 aromatic rings. The molecular formula is C21H21F3N2O3. The van der Waals surface area contributed by atoms with Crippen LogP contribution in [0.5, 0.6) is 0 Å². The average molecular weight is 406 g/mol. The fourth-order valence-electron chi connectivity index (χ4n) is 3.04. The molecule has 1 heterocycles. The van der Waals surface area contributed by atoms with Gasteiger partial charge in [0.15, 0.2) is 11.6 Å². The molecule has 8 heteroatoms. The van der Waals surface area contributed by atoms with Crippen molar-refractivity contribution in [3.8, 4) is 0 Å². The summed E-state index contributed by atoms with van der Waals surface area (Å²) >= 11 is 0. The second-order valence-electron chi connectivity index (χ2n) is 6.56. The molecule has 0 unspecified atom stereocenters. The lowest BCUT2D eigenvalue weighted by Crippen LogP contribution is -2.37. The Bertz CT molecular complexity index is 899. The topological polar surface area (TPSA) is 61.8 Å². The molecule has 0 bridgehead atoms. The summed E-state index contributed by atoms with van der Waals surface area (Å²) in [6.07, 6.45) is 2.48. The Hall–Kier alpha value is -2.84. The zero-order valence-corrected chi connectivity index (χ0v) is 15.6. The smallest absolute Gasteiger partial charge is 0.244 e. The first-order valence-electron chi connectivity index (χ1n) is 9.14. The Morgan fingerprint density at radius 3 is 2.52 bits per heavy atom. The van der Waals surface area contributed by atoms with Gasteiger partial charge in [-0.15, -0.1) is 0 Å². The predicted molar refractivity (Wildman–Crippen MR) is 103 cm³/mol. The van der Waals surface area contributed by atoms with Gasteiger partial charge in [-0.3, -0.25) is 4.79 Å². The third-order valence-corrected chi connectivity index (χ3v) is 4.59. The molecule has 0 aromatic heterocycles. The minimum absolute atomic E-state index is 0.316. The van der Waals surface area contributed by atoms with Crippen LogP contribution in [0, 0.1) is 17.5 Å². The maximum Gasteiger partial charge on any atom is 0.244 e. The number of amides is 1. The first-order valence-corrected chi connectivity index (χ1v) is 9.14. The van der Waals surface area contributed by atoms with Gasteiger partial charge >= 0.3 is 0 Å². The second-order valence-corrected chi connectivity index (χ2v) is 6.56. The van der Waals surface area contributed by atoms with Crippen molar-refractivity contribution in [1.29, 1.82) is 0 Å². The van der Waals surface area contributed by atoms with E-state index in [1.54, 1.807) is 6.07 Å². The zero-order chi connectivity index (χ0) is 20.8. The average Bonchev–Trinajstić information content (AvgIpc) is 2.74. The van der Waals surface area contributed by atoms with Crippen molar-refractivity contribution in [2.24, 2.45) is 0 Å². The quantitative estimate of drug-likeness (QED) is 0.725. The number of nitrogens with zero attached hydrogens (tertiary/aromatic N) is 1. The van der Waals surface area contributed by atoms with E-state index in [4.69, 9.17) is 4.74 Å². The summed E-state index contributed by atoms with van der Waals surface area (Å²) < 4.78 is 45.7. The van der Waals surface area contributed by atoms with Crippen molar-refractivity contribution in [1.82, 2.24) is 5.32 Å². The van der Waals surface area contributed by atoms with Gasteiger partial charge in [0.1, 0.15) is 5.82 Å². The third kappa shape index (κ3) is 5.36. The Balaban J connectivity index is 1.71. The van der Waals surface area contributed by atoms with Crippen LogP contribution in [0.3, 0.4) is 0 Å². The Labute approximate surface area is 166 Å². The summed E-state index contributed by atoms with van der Waals surface area (Å²) in [4.78, 5) is 14.0. The van der Waals surface area contributed by atoms with E-state index in [-0.39, 0.29) is 6.61 Å². The highest BCUT2D eigenvalue weighted by molar-refractivity contribution is 5.92. The van der Waals surface area contributed by atoms with Gasteiger partial charge in [0, 0.05) is 19.2 Å². The highest BCUT2D eigenvalue weighted by Gasteiger charge is 2.19. The molecule has 1 atom stereocenters. The molecule has 2 aromatic carbocycles. The largest absolute Gasteiger partial charge is 0.394 e. The fourth-order valence-corrected chi connectivity index (χ4v) is 3.04. The van der Waals surface area contributed by atoms with E-state index in [0.717, 1.165) is 18.2 Å². The van der Waals surface area contributed by atoms with Crippen molar-refractivity contribution in [2.75, 3.05) is 37.8 Å². The summed E-state index contributed by atoms with van der Waals surface area (Å²) in [7, 11) is 0. The SMILES string of the molecule is O=C(C=Cc1ccc(F)c(F)c1)N[C@@H](CO)c1ccc(F)c(N2CCOCC2)c1. The van der Waals surface area contributed by atoms with Crippen molar-refractivity contribution < 1.29 is 27.8 Å². The molecule has 1 amide bonds. The number of rotatable bonds is 6. The number of nitrogens with one attached hydrogen (secondary N) is 1. The van der Waals surface area contributed by atoms with Crippen LogP contribution >= 0.6 is 0 Å². The van der Waals surface area contributed by atoms with Gasteiger partial charge < -0.3 is 20.1 Å².